The number of piperidine rings is 1. The zero-order chi connectivity index (χ0) is 18.2. The van der Waals surface area contributed by atoms with Gasteiger partial charge < -0.3 is 9.80 Å². The largest absolute Gasteiger partial charge is 0.393 e. The summed E-state index contributed by atoms with van der Waals surface area (Å²) in [5, 5.41) is 0. The Bertz CT molecular complexity index is 671. The maximum absolute atomic E-state index is 13.0. The van der Waals surface area contributed by atoms with Gasteiger partial charge in [0.2, 0.25) is 5.91 Å². The maximum atomic E-state index is 13.0. The highest BCUT2D eigenvalue weighted by Gasteiger charge is 2.43. The van der Waals surface area contributed by atoms with E-state index in [0.29, 0.717) is 18.7 Å². The normalized spacial score (nSPS) is 21.1. The van der Waals surface area contributed by atoms with Crippen molar-refractivity contribution in [2.45, 2.75) is 31.9 Å². The van der Waals surface area contributed by atoms with Crippen molar-refractivity contribution in [3.63, 3.8) is 0 Å². The number of anilines is 1. The van der Waals surface area contributed by atoms with Gasteiger partial charge >= 0.3 is 6.18 Å². The van der Waals surface area contributed by atoms with Gasteiger partial charge in [-0.3, -0.25) is 9.59 Å². The fraction of sp³-hybridized carbons (Fsp3) is 0.556. The van der Waals surface area contributed by atoms with Crippen molar-refractivity contribution in [3.05, 3.63) is 29.8 Å². The Kier molecular flexibility index (Phi) is 4.75. The Hall–Kier alpha value is -2.05. The van der Waals surface area contributed by atoms with Gasteiger partial charge in [0.15, 0.2) is 0 Å². The van der Waals surface area contributed by atoms with Gasteiger partial charge in [-0.2, -0.15) is 13.2 Å². The SMILES string of the molecule is CN(C(=O)C1CC1)c1ccccc1C(=O)N1CCCC(C(F)(F)F)C1. The molecule has 0 spiro atoms. The third-order valence-electron chi connectivity index (χ3n) is 4.92. The van der Waals surface area contributed by atoms with Crippen LogP contribution < -0.4 is 4.90 Å². The molecule has 7 heteroatoms. The monoisotopic (exact) mass is 354 g/mol. The molecule has 1 unspecified atom stereocenters. The van der Waals surface area contributed by atoms with E-state index in [1.807, 2.05) is 0 Å². The van der Waals surface area contributed by atoms with Crippen molar-refractivity contribution in [1.82, 2.24) is 4.90 Å². The first-order chi connectivity index (χ1) is 11.8. The zero-order valence-corrected chi connectivity index (χ0v) is 14.1. The first-order valence-corrected chi connectivity index (χ1v) is 8.51. The highest BCUT2D eigenvalue weighted by atomic mass is 19.4. The second-order valence-electron chi connectivity index (χ2n) is 6.82. The predicted molar refractivity (Wildman–Crippen MR) is 87.3 cm³/mol. The van der Waals surface area contributed by atoms with Crippen molar-refractivity contribution < 1.29 is 22.8 Å². The lowest BCUT2D eigenvalue weighted by Crippen LogP contribution is -2.45. The van der Waals surface area contributed by atoms with Gasteiger partial charge in [0, 0.05) is 26.1 Å². The molecule has 1 aliphatic heterocycles. The zero-order valence-electron chi connectivity index (χ0n) is 14.1. The lowest BCUT2D eigenvalue weighted by atomic mass is 9.96. The fourth-order valence-corrected chi connectivity index (χ4v) is 3.27. The van der Waals surface area contributed by atoms with Crippen molar-refractivity contribution in [2.24, 2.45) is 11.8 Å². The van der Waals surface area contributed by atoms with Gasteiger partial charge in [-0.25, -0.2) is 0 Å². The van der Waals surface area contributed by atoms with Crippen LogP contribution in [0.4, 0.5) is 18.9 Å². The van der Waals surface area contributed by atoms with Gasteiger partial charge in [0.1, 0.15) is 0 Å². The molecular weight excluding hydrogens is 333 g/mol. The molecule has 1 aromatic carbocycles. The van der Waals surface area contributed by atoms with Crippen LogP contribution in [0.15, 0.2) is 24.3 Å². The fourth-order valence-electron chi connectivity index (χ4n) is 3.27. The van der Waals surface area contributed by atoms with Crippen LogP contribution in [-0.4, -0.2) is 43.0 Å². The maximum Gasteiger partial charge on any atom is 0.393 e. The number of alkyl halides is 3. The third-order valence-corrected chi connectivity index (χ3v) is 4.92. The third kappa shape index (κ3) is 3.80. The molecule has 1 saturated heterocycles. The number of carbonyl (C=O) groups excluding carboxylic acids is 2. The average molecular weight is 354 g/mol. The molecule has 1 heterocycles. The summed E-state index contributed by atoms with van der Waals surface area (Å²) in [7, 11) is 1.61. The lowest BCUT2D eigenvalue weighted by molar-refractivity contribution is -0.184. The summed E-state index contributed by atoms with van der Waals surface area (Å²) in [4.78, 5) is 27.8. The molecule has 1 atom stereocenters. The highest BCUT2D eigenvalue weighted by molar-refractivity contribution is 6.05. The summed E-state index contributed by atoms with van der Waals surface area (Å²) >= 11 is 0. The van der Waals surface area contributed by atoms with Gasteiger partial charge in [-0.15, -0.1) is 0 Å². The topological polar surface area (TPSA) is 40.6 Å². The number of benzene rings is 1. The molecule has 1 aromatic rings. The minimum Gasteiger partial charge on any atom is -0.338 e. The van der Waals surface area contributed by atoms with Crippen molar-refractivity contribution in [1.29, 1.82) is 0 Å². The van der Waals surface area contributed by atoms with E-state index in [1.165, 1.54) is 9.80 Å². The molecule has 3 rings (SSSR count). The number of amides is 2. The van der Waals surface area contributed by atoms with Crippen LogP contribution in [0.1, 0.15) is 36.0 Å². The number of para-hydroxylation sites is 1. The molecule has 25 heavy (non-hydrogen) atoms. The molecule has 136 valence electrons. The van der Waals surface area contributed by atoms with Crippen LogP contribution in [0.5, 0.6) is 0 Å². The Labute approximate surface area is 144 Å². The molecule has 0 N–H and O–H groups in total. The van der Waals surface area contributed by atoms with E-state index in [1.54, 1.807) is 31.3 Å². The summed E-state index contributed by atoms with van der Waals surface area (Å²) in [5.41, 5.74) is 0.736. The minimum absolute atomic E-state index is 0.00208. The Balaban J connectivity index is 1.81. The molecule has 0 aromatic heterocycles. The lowest BCUT2D eigenvalue weighted by Gasteiger charge is -2.34. The number of nitrogens with zero attached hydrogens (tertiary/aromatic N) is 2. The van der Waals surface area contributed by atoms with Crippen LogP contribution in [0.2, 0.25) is 0 Å². The van der Waals surface area contributed by atoms with E-state index in [-0.39, 0.29) is 30.4 Å². The molecular formula is C18H21F3N2O2. The van der Waals surface area contributed by atoms with Crippen LogP contribution >= 0.6 is 0 Å². The van der Waals surface area contributed by atoms with E-state index >= 15 is 0 Å². The molecule has 0 bridgehead atoms. The van der Waals surface area contributed by atoms with Crippen LogP contribution in [0, 0.1) is 11.8 Å². The second-order valence-corrected chi connectivity index (χ2v) is 6.82. The number of hydrogen-bond donors (Lipinski definition) is 0. The summed E-state index contributed by atoms with van der Waals surface area (Å²) in [6.07, 6.45) is -2.22. The molecule has 2 fully saturated rings. The molecule has 1 aliphatic carbocycles. The van der Waals surface area contributed by atoms with Gasteiger partial charge in [-0.1, -0.05) is 12.1 Å². The molecule has 2 aliphatic rings. The van der Waals surface area contributed by atoms with Crippen molar-refractivity contribution in [3.8, 4) is 0 Å². The minimum atomic E-state index is -4.29. The van der Waals surface area contributed by atoms with E-state index in [9.17, 15) is 22.8 Å². The number of halogens is 3. The summed E-state index contributed by atoms with van der Waals surface area (Å²) in [6.45, 7) is -0.0169. The Morgan fingerprint density at radius 2 is 1.84 bits per heavy atom. The summed E-state index contributed by atoms with van der Waals surface area (Å²) < 4.78 is 39.0. The van der Waals surface area contributed by atoms with Crippen molar-refractivity contribution in [2.75, 3.05) is 25.0 Å². The van der Waals surface area contributed by atoms with Crippen LogP contribution in [-0.2, 0) is 4.79 Å². The Morgan fingerprint density at radius 3 is 2.48 bits per heavy atom. The highest BCUT2D eigenvalue weighted by Crippen LogP contribution is 2.35. The number of carbonyl (C=O) groups is 2. The molecule has 2 amide bonds. The summed E-state index contributed by atoms with van der Waals surface area (Å²) in [6, 6.07) is 6.62. The average Bonchev–Trinajstić information content (AvgIpc) is 3.44. The standard InChI is InChI=1S/C18H21F3N2O2/c1-22(16(24)12-8-9-12)15-7-3-2-6-14(15)17(25)23-10-4-5-13(11-23)18(19,20)21/h2-3,6-7,12-13H,4-5,8-11H2,1H3. The number of rotatable bonds is 3. The number of hydrogen-bond acceptors (Lipinski definition) is 2. The predicted octanol–water partition coefficient (Wildman–Crippen LogP) is 3.47. The smallest absolute Gasteiger partial charge is 0.338 e. The van der Waals surface area contributed by atoms with Gasteiger partial charge in [0.25, 0.3) is 5.91 Å². The van der Waals surface area contributed by atoms with Crippen LogP contribution in [0.3, 0.4) is 0 Å². The van der Waals surface area contributed by atoms with E-state index in [0.717, 1.165) is 12.8 Å². The van der Waals surface area contributed by atoms with Gasteiger partial charge in [0.05, 0.1) is 17.2 Å². The molecule has 0 radical (unpaired) electrons. The van der Waals surface area contributed by atoms with Gasteiger partial charge in [-0.05, 0) is 37.8 Å². The van der Waals surface area contributed by atoms with E-state index in [2.05, 4.69) is 0 Å². The first-order valence-electron chi connectivity index (χ1n) is 8.51. The Morgan fingerprint density at radius 1 is 1.16 bits per heavy atom. The second kappa shape index (κ2) is 6.69. The van der Waals surface area contributed by atoms with E-state index in [4.69, 9.17) is 0 Å². The quantitative estimate of drug-likeness (QED) is 0.834. The van der Waals surface area contributed by atoms with Crippen LogP contribution in [0.25, 0.3) is 0 Å². The number of likely N-dealkylation sites (tertiary alicyclic amines) is 1. The summed E-state index contributed by atoms with van der Waals surface area (Å²) in [5.74, 6) is -1.98. The molecule has 1 saturated carbocycles. The van der Waals surface area contributed by atoms with E-state index < -0.39 is 18.0 Å². The molecule has 4 nitrogen and oxygen atoms in total. The first kappa shape index (κ1) is 17.8. The van der Waals surface area contributed by atoms with Crippen molar-refractivity contribution >= 4 is 17.5 Å².